The molecule has 1 heterocycles. The minimum Gasteiger partial charge on any atom is -0.327 e. The Hall–Kier alpha value is -1.56. The van der Waals surface area contributed by atoms with Crippen molar-refractivity contribution in [2.75, 3.05) is 25.0 Å². The van der Waals surface area contributed by atoms with Crippen molar-refractivity contribution >= 4 is 11.6 Å². The summed E-state index contributed by atoms with van der Waals surface area (Å²) >= 11 is 0. The van der Waals surface area contributed by atoms with Crippen LogP contribution in [0.25, 0.3) is 0 Å². The van der Waals surface area contributed by atoms with Gasteiger partial charge >= 0.3 is 6.18 Å². The Morgan fingerprint density at radius 1 is 1.14 bits per heavy atom. The van der Waals surface area contributed by atoms with Gasteiger partial charge in [-0.25, -0.2) is 0 Å². The Kier molecular flexibility index (Phi) is 5.22. The summed E-state index contributed by atoms with van der Waals surface area (Å²) in [7, 11) is 0. The third-order valence-electron chi connectivity index (χ3n) is 3.69. The molecule has 1 aliphatic heterocycles. The molecule has 1 saturated heterocycles. The number of halogens is 3. The minimum absolute atomic E-state index is 0.198. The molecule has 0 saturated carbocycles. The lowest BCUT2D eigenvalue weighted by molar-refractivity contribution is -0.890. The molecule has 0 unspecified atom stereocenters. The Bertz CT molecular complexity index is 480. The van der Waals surface area contributed by atoms with E-state index in [1.165, 1.54) is 29.9 Å². The van der Waals surface area contributed by atoms with E-state index >= 15 is 0 Å². The smallest absolute Gasteiger partial charge is 0.327 e. The number of benzene rings is 1. The van der Waals surface area contributed by atoms with Gasteiger partial charge in [-0.3, -0.25) is 4.79 Å². The number of hydrogen-bond donors (Lipinski definition) is 2. The van der Waals surface area contributed by atoms with Crippen molar-refractivity contribution in [1.29, 1.82) is 0 Å². The summed E-state index contributed by atoms with van der Waals surface area (Å²) in [5.41, 5.74) is -0.550. The number of alkyl halides is 3. The van der Waals surface area contributed by atoms with Crippen LogP contribution in [-0.2, 0) is 11.0 Å². The maximum atomic E-state index is 12.6. The van der Waals surface area contributed by atoms with Gasteiger partial charge in [0, 0.05) is 5.69 Å². The quantitative estimate of drug-likeness (QED) is 0.881. The molecule has 21 heavy (non-hydrogen) atoms. The number of hydrogen-bond acceptors (Lipinski definition) is 1. The molecule has 0 radical (unpaired) electrons. The van der Waals surface area contributed by atoms with E-state index in [1.54, 1.807) is 0 Å². The fourth-order valence-electron chi connectivity index (χ4n) is 2.61. The van der Waals surface area contributed by atoms with Crippen LogP contribution in [0.2, 0.25) is 0 Å². The number of quaternary nitrogens is 1. The first-order valence-electron chi connectivity index (χ1n) is 7.26. The average Bonchev–Trinajstić information content (AvgIpc) is 2.66. The molecule has 1 aliphatic rings. The van der Waals surface area contributed by atoms with Crippen molar-refractivity contribution in [1.82, 2.24) is 0 Å². The van der Waals surface area contributed by atoms with Crippen molar-refractivity contribution in [2.24, 2.45) is 0 Å². The predicted molar refractivity (Wildman–Crippen MR) is 74.1 cm³/mol. The van der Waals surface area contributed by atoms with E-state index in [-0.39, 0.29) is 11.6 Å². The summed E-state index contributed by atoms with van der Waals surface area (Å²) in [6.07, 6.45) is 0.201. The molecular formula is C15H20F3N2O+. The zero-order valence-corrected chi connectivity index (χ0v) is 11.8. The lowest BCUT2D eigenvalue weighted by Gasteiger charge is -2.16. The van der Waals surface area contributed by atoms with Crippen LogP contribution in [0, 0.1) is 0 Å². The highest BCUT2D eigenvalue weighted by Crippen LogP contribution is 2.30. The van der Waals surface area contributed by atoms with Gasteiger partial charge in [0.15, 0.2) is 6.54 Å². The zero-order valence-electron chi connectivity index (χ0n) is 11.8. The van der Waals surface area contributed by atoms with Gasteiger partial charge in [0.2, 0.25) is 0 Å². The van der Waals surface area contributed by atoms with Crippen LogP contribution < -0.4 is 10.2 Å². The fourth-order valence-corrected chi connectivity index (χ4v) is 2.61. The van der Waals surface area contributed by atoms with Gasteiger partial charge in [-0.2, -0.15) is 13.2 Å². The first-order valence-corrected chi connectivity index (χ1v) is 7.26. The SMILES string of the molecule is O=C(C[NH+]1CCCCCC1)Nc1cccc(C(F)(F)F)c1. The summed E-state index contributed by atoms with van der Waals surface area (Å²) in [4.78, 5) is 13.1. The summed E-state index contributed by atoms with van der Waals surface area (Å²) in [5, 5.41) is 2.56. The third kappa shape index (κ3) is 5.04. The number of amides is 1. The molecule has 1 amide bonds. The van der Waals surface area contributed by atoms with Crippen molar-refractivity contribution in [3.8, 4) is 0 Å². The second kappa shape index (κ2) is 6.93. The highest BCUT2D eigenvalue weighted by molar-refractivity contribution is 5.91. The molecule has 0 aliphatic carbocycles. The standard InChI is InChI=1S/C15H19F3N2O/c16-15(17,18)12-6-5-7-13(10-12)19-14(21)11-20-8-3-1-2-4-9-20/h5-7,10H,1-4,8-9,11H2,(H,19,21)/p+1. The third-order valence-corrected chi connectivity index (χ3v) is 3.69. The number of carbonyl (C=O) groups excluding carboxylic acids is 1. The second-order valence-electron chi connectivity index (χ2n) is 5.47. The maximum Gasteiger partial charge on any atom is 0.416 e. The van der Waals surface area contributed by atoms with Gasteiger partial charge in [0.1, 0.15) is 0 Å². The summed E-state index contributed by atoms with van der Waals surface area (Å²) in [6.45, 7) is 2.22. The molecular weight excluding hydrogens is 281 g/mol. The van der Waals surface area contributed by atoms with E-state index < -0.39 is 11.7 Å². The van der Waals surface area contributed by atoms with Crippen LogP contribution in [0.3, 0.4) is 0 Å². The van der Waals surface area contributed by atoms with Crippen molar-refractivity contribution in [2.45, 2.75) is 31.9 Å². The molecule has 1 aromatic carbocycles. The molecule has 3 nitrogen and oxygen atoms in total. The van der Waals surface area contributed by atoms with E-state index in [4.69, 9.17) is 0 Å². The normalized spacial score (nSPS) is 17.3. The number of anilines is 1. The predicted octanol–water partition coefficient (Wildman–Crippen LogP) is 2.10. The molecule has 6 heteroatoms. The van der Waals surface area contributed by atoms with E-state index in [2.05, 4.69) is 5.32 Å². The Morgan fingerprint density at radius 3 is 2.43 bits per heavy atom. The average molecular weight is 301 g/mol. The van der Waals surface area contributed by atoms with Gasteiger partial charge < -0.3 is 10.2 Å². The van der Waals surface area contributed by atoms with Gasteiger partial charge in [-0.05, 0) is 43.9 Å². The minimum atomic E-state index is -4.39. The van der Waals surface area contributed by atoms with E-state index in [1.807, 2.05) is 0 Å². The number of rotatable bonds is 3. The molecule has 0 atom stereocenters. The molecule has 0 spiro atoms. The van der Waals surface area contributed by atoms with Crippen molar-refractivity contribution in [3.63, 3.8) is 0 Å². The fraction of sp³-hybridized carbons (Fsp3) is 0.533. The second-order valence-corrected chi connectivity index (χ2v) is 5.47. The molecule has 0 bridgehead atoms. The van der Waals surface area contributed by atoms with Crippen LogP contribution in [0.4, 0.5) is 18.9 Å². The summed E-state index contributed by atoms with van der Waals surface area (Å²) in [6, 6.07) is 4.74. The van der Waals surface area contributed by atoms with E-state index in [0.717, 1.165) is 38.1 Å². The number of carbonyl (C=O) groups is 1. The van der Waals surface area contributed by atoms with Gasteiger partial charge in [-0.15, -0.1) is 0 Å². The van der Waals surface area contributed by atoms with Crippen molar-refractivity contribution in [3.05, 3.63) is 29.8 Å². The largest absolute Gasteiger partial charge is 0.416 e. The van der Waals surface area contributed by atoms with Gasteiger partial charge in [0.25, 0.3) is 5.91 Å². The van der Waals surface area contributed by atoms with E-state index in [9.17, 15) is 18.0 Å². The Labute approximate surface area is 122 Å². The van der Waals surface area contributed by atoms with Crippen LogP contribution >= 0.6 is 0 Å². The highest BCUT2D eigenvalue weighted by Gasteiger charge is 2.30. The molecule has 1 aromatic rings. The van der Waals surface area contributed by atoms with Gasteiger partial charge in [-0.1, -0.05) is 6.07 Å². The van der Waals surface area contributed by atoms with Crippen LogP contribution in [0.5, 0.6) is 0 Å². The van der Waals surface area contributed by atoms with Crippen LogP contribution in [-0.4, -0.2) is 25.5 Å². The molecule has 0 aromatic heterocycles. The number of nitrogens with one attached hydrogen (secondary N) is 2. The Morgan fingerprint density at radius 2 is 1.81 bits per heavy atom. The van der Waals surface area contributed by atoms with Crippen LogP contribution in [0.15, 0.2) is 24.3 Å². The first-order chi connectivity index (χ1) is 9.95. The van der Waals surface area contributed by atoms with Crippen LogP contribution in [0.1, 0.15) is 31.2 Å². The van der Waals surface area contributed by atoms with E-state index in [0.29, 0.717) is 6.54 Å². The monoisotopic (exact) mass is 301 g/mol. The summed E-state index contributed by atoms with van der Waals surface area (Å²) < 4.78 is 37.8. The maximum absolute atomic E-state index is 12.6. The topological polar surface area (TPSA) is 33.5 Å². The summed E-state index contributed by atoms with van der Waals surface area (Å²) in [5.74, 6) is -0.230. The lowest BCUT2D eigenvalue weighted by atomic mass is 10.2. The molecule has 116 valence electrons. The zero-order chi connectivity index (χ0) is 15.3. The first kappa shape index (κ1) is 15.8. The molecule has 1 fully saturated rings. The number of likely N-dealkylation sites (tertiary alicyclic amines) is 1. The van der Waals surface area contributed by atoms with Gasteiger partial charge in [0.05, 0.1) is 18.7 Å². The van der Waals surface area contributed by atoms with Crippen molar-refractivity contribution < 1.29 is 22.9 Å². The molecule has 2 N–H and O–H groups in total. The highest BCUT2D eigenvalue weighted by atomic mass is 19.4. The Balaban J connectivity index is 1.93. The lowest BCUT2D eigenvalue weighted by Crippen LogP contribution is -3.12. The molecule has 2 rings (SSSR count).